The lowest BCUT2D eigenvalue weighted by molar-refractivity contribution is 0.471. The summed E-state index contributed by atoms with van der Waals surface area (Å²) in [5.74, 6) is 0.244. The van der Waals surface area contributed by atoms with Crippen molar-refractivity contribution in [2.75, 3.05) is 0 Å². The molecule has 0 radical (unpaired) electrons. The molecule has 18 heavy (non-hydrogen) atoms. The van der Waals surface area contributed by atoms with E-state index in [0.29, 0.717) is 5.75 Å². The van der Waals surface area contributed by atoms with Gasteiger partial charge in [0.2, 0.25) is 0 Å². The minimum absolute atomic E-state index is 0.0835. The van der Waals surface area contributed by atoms with Crippen LogP contribution in [0.5, 0.6) is 11.5 Å². The quantitative estimate of drug-likeness (QED) is 0.815. The Bertz CT molecular complexity index is 634. The molecule has 0 saturated heterocycles. The number of hydrogen-bond donors (Lipinski definition) is 0. The van der Waals surface area contributed by atoms with E-state index in [1.54, 1.807) is 18.2 Å². The SMILES string of the molecule is Cc1cc(Br)ccc1Oc1cccc(F)c1C#N. The molecule has 0 aliphatic carbocycles. The average Bonchev–Trinajstić information content (AvgIpc) is 2.33. The number of rotatable bonds is 2. The Labute approximate surface area is 113 Å². The number of ether oxygens (including phenoxy) is 1. The minimum atomic E-state index is -0.579. The molecule has 2 aromatic rings. The third kappa shape index (κ3) is 2.52. The topological polar surface area (TPSA) is 33.0 Å². The first-order chi connectivity index (χ1) is 8.61. The van der Waals surface area contributed by atoms with Crippen molar-refractivity contribution in [2.45, 2.75) is 6.92 Å². The average molecular weight is 306 g/mol. The molecule has 0 amide bonds. The van der Waals surface area contributed by atoms with E-state index in [2.05, 4.69) is 15.9 Å². The van der Waals surface area contributed by atoms with Crippen LogP contribution in [-0.2, 0) is 0 Å². The zero-order chi connectivity index (χ0) is 13.1. The molecule has 0 unspecified atom stereocenters. The van der Waals surface area contributed by atoms with E-state index in [9.17, 15) is 4.39 Å². The van der Waals surface area contributed by atoms with Crippen LogP contribution in [0.25, 0.3) is 0 Å². The second-order valence-corrected chi connectivity index (χ2v) is 4.65. The van der Waals surface area contributed by atoms with E-state index in [4.69, 9.17) is 10.00 Å². The van der Waals surface area contributed by atoms with Crippen molar-refractivity contribution in [3.63, 3.8) is 0 Å². The molecule has 4 heteroatoms. The molecule has 0 atom stereocenters. The number of hydrogen-bond acceptors (Lipinski definition) is 2. The minimum Gasteiger partial charge on any atom is -0.456 e. The summed E-state index contributed by atoms with van der Waals surface area (Å²) in [6.07, 6.45) is 0. The van der Waals surface area contributed by atoms with Gasteiger partial charge >= 0.3 is 0 Å². The van der Waals surface area contributed by atoms with Crippen LogP contribution in [0.3, 0.4) is 0 Å². The fourth-order valence-electron chi connectivity index (χ4n) is 1.54. The highest BCUT2D eigenvalue weighted by molar-refractivity contribution is 9.10. The molecule has 2 rings (SSSR count). The van der Waals surface area contributed by atoms with Crippen LogP contribution in [0, 0.1) is 24.1 Å². The first-order valence-corrected chi connectivity index (χ1v) is 6.03. The molecule has 90 valence electrons. The highest BCUT2D eigenvalue weighted by atomic mass is 79.9. The summed E-state index contributed by atoms with van der Waals surface area (Å²) in [5.41, 5.74) is 0.817. The predicted molar refractivity (Wildman–Crippen MR) is 70.1 cm³/mol. The van der Waals surface area contributed by atoms with Crippen LogP contribution in [0.15, 0.2) is 40.9 Å². The second-order valence-electron chi connectivity index (χ2n) is 3.74. The smallest absolute Gasteiger partial charge is 0.148 e. The van der Waals surface area contributed by atoms with E-state index >= 15 is 0 Å². The van der Waals surface area contributed by atoms with Gasteiger partial charge in [-0.1, -0.05) is 22.0 Å². The van der Waals surface area contributed by atoms with Gasteiger partial charge in [-0.15, -0.1) is 0 Å². The van der Waals surface area contributed by atoms with E-state index in [-0.39, 0.29) is 11.3 Å². The summed E-state index contributed by atoms with van der Waals surface area (Å²) < 4.78 is 19.9. The monoisotopic (exact) mass is 305 g/mol. The summed E-state index contributed by atoms with van der Waals surface area (Å²) in [4.78, 5) is 0. The highest BCUT2D eigenvalue weighted by Crippen LogP contribution is 2.30. The lowest BCUT2D eigenvalue weighted by Gasteiger charge is -2.10. The van der Waals surface area contributed by atoms with Gasteiger partial charge in [0.25, 0.3) is 0 Å². The van der Waals surface area contributed by atoms with Crippen molar-refractivity contribution in [1.82, 2.24) is 0 Å². The van der Waals surface area contributed by atoms with Gasteiger partial charge in [0.15, 0.2) is 0 Å². The molecule has 2 aromatic carbocycles. The number of benzene rings is 2. The van der Waals surface area contributed by atoms with E-state index < -0.39 is 5.82 Å². The van der Waals surface area contributed by atoms with Gasteiger partial charge in [-0.05, 0) is 42.8 Å². The molecular weight excluding hydrogens is 297 g/mol. The Balaban J connectivity index is 2.41. The highest BCUT2D eigenvalue weighted by Gasteiger charge is 2.10. The van der Waals surface area contributed by atoms with Crippen LogP contribution >= 0.6 is 15.9 Å². The van der Waals surface area contributed by atoms with Gasteiger partial charge < -0.3 is 4.74 Å². The molecule has 2 nitrogen and oxygen atoms in total. The summed E-state index contributed by atoms with van der Waals surface area (Å²) in [6.45, 7) is 1.88. The van der Waals surface area contributed by atoms with Crippen LogP contribution in [0.2, 0.25) is 0 Å². The zero-order valence-electron chi connectivity index (χ0n) is 9.58. The van der Waals surface area contributed by atoms with Crippen molar-refractivity contribution in [2.24, 2.45) is 0 Å². The van der Waals surface area contributed by atoms with E-state index in [1.165, 1.54) is 12.1 Å². The molecule has 0 bridgehead atoms. The third-order valence-corrected chi connectivity index (χ3v) is 2.94. The summed E-state index contributed by atoms with van der Waals surface area (Å²) in [6, 6.07) is 11.6. The summed E-state index contributed by atoms with van der Waals surface area (Å²) in [7, 11) is 0. The summed E-state index contributed by atoms with van der Waals surface area (Å²) in [5, 5.41) is 8.91. The van der Waals surface area contributed by atoms with Crippen molar-refractivity contribution in [1.29, 1.82) is 5.26 Å². The van der Waals surface area contributed by atoms with Gasteiger partial charge in [-0.25, -0.2) is 4.39 Å². The Morgan fingerprint density at radius 1 is 1.22 bits per heavy atom. The maximum Gasteiger partial charge on any atom is 0.148 e. The normalized spacial score (nSPS) is 9.89. The van der Waals surface area contributed by atoms with Crippen LogP contribution in [-0.4, -0.2) is 0 Å². The Morgan fingerprint density at radius 3 is 2.67 bits per heavy atom. The van der Waals surface area contributed by atoms with Crippen LogP contribution < -0.4 is 4.74 Å². The zero-order valence-corrected chi connectivity index (χ0v) is 11.2. The number of aryl methyl sites for hydroxylation is 1. The lowest BCUT2D eigenvalue weighted by atomic mass is 10.2. The van der Waals surface area contributed by atoms with Gasteiger partial charge in [0.1, 0.15) is 28.9 Å². The summed E-state index contributed by atoms with van der Waals surface area (Å²) >= 11 is 3.35. The lowest BCUT2D eigenvalue weighted by Crippen LogP contribution is -1.93. The Kier molecular flexibility index (Phi) is 3.63. The molecule has 0 aromatic heterocycles. The van der Waals surface area contributed by atoms with Crippen molar-refractivity contribution >= 4 is 15.9 Å². The molecular formula is C14H9BrFNO. The predicted octanol–water partition coefficient (Wildman–Crippen LogP) is 4.56. The fraction of sp³-hybridized carbons (Fsp3) is 0.0714. The Morgan fingerprint density at radius 2 is 2.00 bits per heavy atom. The third-order valence-electron chi connectivity index (χ3n) is 2.44. The van der Waals surface area contributed by atoms with Crippen molar-refractivity contribution < 1.29 is 9.13 Å². The molecule has 0 saturated carbocycles. The Hall–Kier alpha value is -1.86. The van der Waals surface area contributed by atoms with Crippen LogP contribution in [0.4, 0.5) is 4.39 Å². The second kappa shape index (κ2) is 5.19. The molecule has 0 aliphatic heterocycles. The number of halogens is 2. The molecule has 0 spiro atoms. The van der Waals surface area contributed by atoms with Gasteiger partial charge in [0.05, 0.1) is 0 Å². The van der Waals surface area contributed by atoms with E-state index in [0.717, 1.165) is 10.0 Å². The van der Waals surface area contributed by atoms with Crippen molar-refractivity contribution in [3.8, 4) is 17.6 Å². The molecule has 0 aliphatic rings. The fourth-order valence-corrected chi connectivity index (χ4v) is 2.02. The molecule has 0 fully saturated rings. The van der Waals surface area contributed by atoms with Crippen LogP contribution in [0.1, 0.15) is 11.1 Å². The van der Waals surface area contributed by atoms with Gasteiger partial charge in [0, 0.05) is 4.47 Å². The van der Waals surface area contributed by atoms with Crippen molar-refractivity contribution in [3.05, 3.63) is 57.8 Å². The first kappa shape index (κ1) is 12.6. The maximum atomic E-state index is 13.4. The number of nitriles is 1. The largest absolute Gasteiger partial charge is 0.456 e. The van der Waals surface area contributed by atoms with Gasteiger partial charge in [-0.2, -0.15) is 5.26 Å². The maximum absolute atomic E-state index is 13.4. The standard InChI is InChI=1S/C14H9BrFNO/c1-9-7-10(15)5-6-13(9)18-14-4-2-3-12(16)11(14)8-17/h2-7H,1H3. The molecule has 0 heterocycles. The molecule has 0 N–H and O–H groups in total. The van der Waals surface area contributed by atoms with Gasteiger partial charge in [-0.3, -0.25) is 0 Å². The first-order valence-electron chi connectivity index (χ1n) is 5.24. The van der Waals surface area contributed by atoms with E-state index in [1.807, 2.05) is 19.1 Å². The number of nitrogens with zero attached hydrogens (tertiary/aromatic N) is 1.